The number of aromatic nitrogens is 2. The van der Waals surface area contributed by atoms with Gasteiger partial charge in [-0.25, -0.2) is 9.97 Å². The van der Waals surface area contributed by atoms with Gasteiger partial charge in [-0.2, -0.15) is 0 Å². The van der Waals surface area contributed by atoms with Crippen LogP contribution in [0, 0.1) is 5.92 Å². The monoisotopic (exact) mass is 352 g/mol. The Hall–Kier alpha value is -2.47. The summed E-state index contributed by atoms with van der Waals surface area (Å²) in [6.45, 7) is 1.75. The summed E-state index contributed by atoms with van der Waals surface area (Å²) in [5.41, 5.74) is 2.10. The van der Waals surface area contributed by atoms with Crippen molar-refractivity contribution >= 4 is 11.9 Å². The third-order valence-electron chi connectivity index (χ3n) is 5.11. The van der Waals surface area contributed by atoms with Crippen LogP contribution >= 0.6 is 0 Å². The molecule has 3 atom stereocenters. The predicted octanol–water partition coefficient (Wildman–Crippen LogP) is 2.25. The van der Waals surface area contributed by atoms with Crippen LogP contribution in [0.1, 0.15) is 29.7 Å². The Balaban J connectivity index is 1.43. The minimum Gasteiger partial charge on any atom is -0.368 e. The quantitative estimate of drug-likeness (QED) is 0.845. The molecule has 1 aromatic heterocycles. The van der Waals surface area contributed by atoms with Crippen molar-refractivity contribution in [3.05, 3.63) is 53.9 Å². The van der Waals surface area contributed by atoms with Gasteiger partial charge in [0.05, 0.1) is 18.8 Å². The third kappa shape index (κ3) is 3.42. The molecule has 0 unspecified atom stereocenters. The van der Waals surface area contributed by atoms with Gasteiger partial charge >= 0.3 is 0 Å². The van der Waals surface area contributed by atoms with Crippen molar-refractivity contribution in [1.82, 2.24) is 14.9 Å². The molecule has 1 saturated carbocycles. The van der Waals surface area contributed by atoms with E-state index in [-0.39, 0.29) is 17.9 Å². The van der Waals surface area contributed by atoms with Crippen LogP contribution in [-0.4, -0.2) is 54.6 Å². The normalized spacial score (nSPS) is 25.0. The van der Waals surface area contributed by atoms with Crippen LogP contribution in [-0.2, 0) is 9.53 Å². The number of ether oxygens (including phenoxy) is 1. The molecule has 26 heavy (non-hydrogen) atoms. The van der Waals surface area contributed by atoms with Gasteiger partial charge in [0.2, 0.25) is 11.9 Å². The van der Waals surface area contributed by atoms with Crippen LogP contribution in [0.25, 0.3) is 0 Å². The molecular formula is C20H24N4O2. The standard InChI is InChI=1S/C20H24N4O2/c1-23(2)20-21-9-8-17(22-20)18-13-24(10-11-26-18)19(25)16-12-15(16)14-6-4-3-5-7-14/h3-9,15-16,18H,10-13H2,1-2H3/t15-,16+,18-/m0/s1. The fourth-order valence-corrected chi connectivity index (χ4v) is 3.56. The topological polar surface area (TPSA) is 58.6 Å². The summed E-state index contributed by atoms with van der Waals surface area (Å²) < 4.78 is 5.89. The number of morpholine rings is 1. The number of carbonyl (C=O) groups is 1. The molecule has 2 fully saturated rings. The van der Waals surface area contributed by atoms with Crippen molar-refractivity contribution in [2.45, 2.75) is 18.4 Å². The summed E-state index contributed by atoms with van der Waals surface area (Å²) in [4.78, 5) is 25.5. The Labute approximate surface area is 153 Å². The molecular weight excluding hydrogens is 328 g/mol. The van der Waals surface area contributed by atoms with Crippen molar-refractivity contribution in [2.75, 3.05) is 38.7 Å². The van der Waals surface area contributed by atoms with E-state index in [9.17, 15) is 4.79 Å². The van der Waals surface area contributed by atoms with Crippen molar-refractivity contribution in [3.63, 3.8) is 0 Å². The molecule has 1 aliphatic carbocycles. The maximum atomic E-state index is 12.9. The van der Waals surface area contributed by atoms with Crippen LogP contribution in [0.3, 0.4) is 0 Å². The zero-order chi connectivity index (χ0) is 18.1. The van der Waals surface area contributed by atoms with Gasteiger partial charge in [0.1, 0.15) is 6.10 Å². The first-order valence-electron chi connectivity index (χ1n) is 9.09. The van der Waals surface area contributed by atoms with E-state index >= 15 is 0 Å². The second-order valence-electron chi connectivity index (χ2n) is 7.18. The van der Waals surface area contributed by atoms with E-state index in [0.717, 1.165) is 12.1 Å². The van der Waals surface area contributed by atoms with E-state index in [2.05, 4.69) is 22.1 Å². The average molecular weight is 352 g/mol. The Morgan fingerprint density at radius 3 is 2.81 bits per heavy atom. The van der Waals surface area contributed by atoms with Crippen molar-refractivity contribution in [1.29, 1.82) is 0 Å². The molecule has 6 nitrogen and oxygen atoms in total. The lowest BCUT2D eigenvalue weighted by Gasteiger charge is -2.33. The molecule has 2 heterocycles. The second kappa shape index (κ2) is 7.03. The molecule has 0 radical (unpaired) electrons. The number of rotatable bonds is 4. The van der Waals surface area contributed by atoms with Gasteiger partial charge in [-0.15, -0.1) is 0 Å². The minimum atomic E-state index is -0.191. The lowest BCUT2D eigenvalue weighted by Crippen LogP contribution is -2.43. The first-order valence-corrected chi connectivity index (χ1v) is 9.09. The lowest BCUT2D eigenvalue weighted by molar-refractivity contribution is -0.140. The predicted molar refractivity (Wildman–Crippen MR) is 98.9 cm³/mol. The highest BCUT2D eigenvalue weighted by molar-refractivity contribution is 5.83. The molecule has 1 saturated heterocycles. The second-order valence-corrected chi connectivity index (χ2v) is 7.18. The molecule has 2 aromatic rings. The summed E-state index contributed by atoms with van der Waals surface area (Å²) >= 11 is 0. The smallest absolute Gasteiger partial charge is 0.226 e. The maximum absolute atomic E-state index is 12.9. The van der Waals surface area contributed by atoms with Gasteiger partial charge in [0.25, 0.3) is 0 Å². The van der Waals surface area contributed by atoms with E-state index in [1.807, 2.05) is 48.2 Å². The highest BCUT2D eigenvalue weighted by atomic mass is 16.5. The van der Waals surface area contributed by atoms with Crippen molar-refractivity contribution < 1.29 is 9.53 Å². The van der Waals surface area contributed by atoms with Gasteiger partial charge < -0.3 is 14.5 Å². The SMILES string of the molecule is CN(C)c1nccc([C@@H]2CN(C(=O)[C@@H]3C[C@H]3c3ccccc3)CCO2)n1. The van der Waals surface area contributed by atoms with E-state index in [1.54, 1.807) is 6.20 Å². The largest absolute Gasteiger partial charge is 0.368 e. The molecule has 6 heteroatoms. The first kappa shape index (κ1) is 17.0. The molecule has 0 N–H and O–H groups in total. The molecule has 1 aliphatic heterocycles. The van der Waals surface area contributed by atoms with Gasteiger partial charge in [-0.05, 0) is 24.0 Å². The number of hydrogen-bond acceptors (Lipinski definition) is 5. The average Bonchev–Trinajstić information content (AvgIpc) is 3.49. The van der Waals surface area contributed by atoms with Crippen LogP contribution in [0.2, 0.25) is 0 Å². The number of benzene rings is 1. The molecule has 0 spiro atoms. The summed E-state index contributed by atoms with van der Waals surface area (Å²) in [6.07, 6.45) is 2.50. The molecule has 136 valence electrons. The zero-order valence-corrected chi connectivity index (χ0v) is 15.2. The Kier molecular flexibility index (Phi) is 4.59. The summed E-state index contributed by atoms with van der Waals surface area (Å²) in [7, 11) is 3.82. The molecule has 0 bridgehead atoms. The van der Waals surface area contributed by atoms with Gasteiger partial charge in [0, 0.05) is 32.8 Å². The fraction of sp³-hybridized carbons (Fsp3) is 0.450. The van der Waals surface area contributed by atoms with Crippen molar-refractivity contribution in [3.8, 4) is 0 Å². The zero-order valence-electron chi connectivity index (χ0n) is 15.2. The number of carbonyl (C=O) groups excluding carboxylic acids is 1. The number of hydrogen-bond donors (Lipinski definition) is 0. The van der Waals surface area contributed by atoms with E-state index < -0.39 is 0 Å². The highest BCUT2D eigenvalue weighted by Crippen LogP contribution is 2.48. The summed E-state index contributed by atoms with van der Waals surface area (Å²) in [5, 5.41) is 0. The Morgan fingerprint density at radius 2 is 2.04 bits per heavy atom. The molecule has 4 rings (SSSR count). The third-order valence-corrected chi connectivity index (χ3v) is 5.11. The number of amides is 1. The minimum absolute atomic E-state index is 0.110. The number of nitrogens with zero attached hydrogens (tertiary/aromatic N) is 4. The lowest BCUT2D eigenvalue weighted by atomic mass is 10.1. The highest BCUT2D eigenvalue weighted by Gasteiger charge is 2.46. The van der Waals surface area contributed by atoms with Gasteiger partial charge in [-0.1, -0.05) is 30.3 Å². The van der Waals surface area contributed by atoms with Crippen LogP contribution in [0.4, 0.5) is 5.95 Å². The van der Waals surface area contributed by atoms with E-state index in [1.165, 1.54) is 5.56 Å². The summed E-state index contributed by atoms with van der Waals surface area (Å²) in [5.74, 6) is 1.37. The van der Waals surface area contributed by atoms with Gasteiger partial charge in [0.15, 0.2) is 0 Å². The number of anilines is 1. The van der Waals surface area contributed by atoms with E-state index in [4.69, 9.17) is 4.74 Å². The fourth-order valence-electron chi connectivity index (χ4n) is 3.56. The van der Waals surface area contributed by atoms with Crippen LogP contribution in [0.15, 0.2) is 42.6 Å². The van der Waals surface area contributed by atoms with Crippen molar-refractivity contribution in [2.24, 2.45) is 5.92 Å². The van der Waals surface area contributed by atoms with Crippen LogP contribution < -0.4 is 4.90 Å². The summed E-state index contributed by atoms with van der Waals surface area (Å²) in [6, 6.07) is 12.2. The molecule has 2 aliphatic rings. The Morgan fingerprint density at radius 1 is 1.23 bits per heavy atom. The maximum Gasteiger partial charge on any atom is 0.226 e. The van der Waals surface area contributed by atoms with Gasteiger partial charge in [-0.3, -0.25) is 4.79 Å². The van der Waals surface area contributed by atoms with E-state index in [0.29, 0.717) is 31.6 Å². The van der Waals surface area contributed by atoms with Crippen LogP contribution in [0.5, 0.6) is 0 Å². The Bertz CT molecular complexity index is 780. The molecule has 1 aromatic carbocycles. The first-order chi connectivity index (χ1) is 12.6. The molecule has 1 amide bonds.